The van der Waals surface area contributed by atoms with Crippen LogP contribution in [-0.4, -0.2) is 38.1 Å². The Balaban J connectivity index is 1.77. The average Bonchev–Trinajstić information content (AvgIpc) is 2.62. The summed E-state index contributed by atoms with van der Waals surface area (Å²) in [7, 11) is 1.57. The molecule has 0 unspecified atom stereocenters. The highest BCUT2D eigenvalue weighted by molar-refractivity contribution is 14.1. The molecule has 25 heavy (non-hydrogen) atoms. The van der Waals surface area contributed by atoms with E-state index in [0.29, 0.717) is 12.3 Å². The molecule has 0 bridgehead atoms. The Morgan fingerprint density at radius 1 is 1.20 bits per heavy atom. The Kier molecular flexibility index (Phi) is 5.42. The SMILES string of the molecule is CNC(=O)[C@@H]1CN(CC(=O)Nc2ccccc2I)c2ccccc2O1. The number of rotatable bonds is 4. The van der Waals surface area contributed by atoms with E-state index in [2.05, 4.69) is 33.2 Å². The third kappa shape index (κ3) is 4.04. The summed E-state index contributed by atoms with van der Waals surface area (Å²) in [6, 6.07) is 15.0. The smallest absolute Gasteiger partial charge is 0.262 e. The number of benzene rings is 2. The average molecular weight is 451 g/mol. The second kappa shape index (κ2) is 7.73. The summed E-state index contributed by atoms with van der Waals surface area (Å²) in [6.07, 6.45) is -0.649. The molecule has 1 aliphatic rings. The monoisotopic (exact) mass is 451 g/mol. The van der Waals surface area contributed by atoms with E-state index in [1.807, 2.05) is 47.4 Å². The van der Waals surface area contributed by atoms with Crippen LogP contribution in [0.2, 0.25) is 0 Å². The summed E-state index contributed by atoms with van der Waals surface area (Å²) in [5.41, 5.74) is 1.58. The Bertz CT molecular complexity index is 797. The van der Waals surface area contributed by atoms with Crippen molar-refractivity contribution in [1.82, 2.24) is 5.32 Å². The summed E-state index contributed by atoms with van der Waals surface area (Å²) in [6.45, 7) is 0.453. The van der Waals surface area contributed by atoms with Gasteiger partial charge in [0.2, 0.25) is 5.91 Å². The fraction of sp³-hybridized carbons (Fsp3) is 0.222. The second-order valence-electron chi connectivity index (χ2n) is 5.60. The molecule has 2 aromatic carbocycles. The maximum Gasteiger partial charge on any atom is 0.262 e. The molecule has 1 aliphatic heterocycles. The standard InChI is InChI=1S/C18H18IN3O3/c1-20-18(24)16-10-22(14-8-4-5-9-15(14)25-16)11-17(23)21-13-7-3-2-6-12(13)19/h2-9,16H,10-11H2,1H3,(H,20,24)(H,21,23)/t16-/m0/s1. The lowest BCUT2D eigenvalue weighted by molar-refractivity contribution is -0.127. The predicted octanol–water partition coefficient (Wildman–Crippen LogP) is 2.24. The van der Waals surface area contributed by atoms with Crippen LogP contribution in [-0.2, 0) is 9.59 Å². The largest absolute Gasteiger partial charge is 0.477 e. The van der Waals surface area contributed by atoms with Crippen LogP contribution in [0.4, 0.5) is 11.4 Å². The number of anilines is 2. The predicted molar refractivity (Wildman–Crippen MR) is 105 cm³/mol. The Morgan fingerprint density at radius 2 is 1.92 bits per heavy atom. The lowest BCUT2D eigenvalue weighted by atomic mass is 10.1. The number of hydrogen-bond donors (Lipinski definition) is 2. The molecule has 0 fully saturated rings. The number of ether oxygens (including phenoxy) is 1. The third-order valence-corrected chi connectivity index (χ3v) is 4.82. The Labute approximate surface area is 159 Å². The van der Waals surface area contributed by atoms with Crippen molar-refractivity contribution in [2.45, 2.75) is 6.10 Å². The van der Waals surface area contributed by atoms with Crippen LogP contribution in [0.15, 0.2) is 48.5 Å². The summed E-state index contributed by atoms with van der Waals surface area (Å²) in [5, 5.41) is 5.51. The van der Waals surface area contributed by atoms with Gasteiger partial charge in [-0.05, 0) is 46.9 Å². The first-order chi connectivity index (χ1) is 12.1. The van der Waals surface area contributed by atoms with Crippen molar-refractivity contribution in [1.29, 1.82) is 0 Å². The number of carbonyl (C=O) groups is 2. The van der Waals surface area contributed by atoms with E-state index in [1.165, 1.54) is 0 Å². The van der Waals surface area contributed by atoms with E-state index >= 15 is 0 Å². The topological polar surface area (TPSA) is 70.7 Å². The molecule has 2 aromatic rings. The minimum absolute atomic E-state index is 0.138. The first-order valence-corrected chi connectivity index (χ1v) is 8.93. The molecular weight excluding hydrogens is 433 g/mol. The minimum Gasteiger partial charge on any atom is -0.477 e. The van der Waals surface area contributed by atoms with Gasteiger partial charge in [-0.25, -0.2) is 0 Å². The fourth-order valence-electron chi connectivity index (χ4n) is 2.68. The van der Waals surface area contributed by atoms with E-state index in [0.717, 1.165) is 14.9 Å². The quantitative estimate of drug-likeness (QED) is 0.700. The van der Waals surface area contributed by atoms with Gasteiger partial charge in [-0.2, -0.15) is 0 Å². The van der Waals surface area contributed by atoms with Crippen molar-refractivity contribution in [2.24, 2.45) is 0 Å². The van der Waals surface area contributed by atoms with Gasteiger partial charge in [0.15, 0.2) is 6.10 Å². The molecule has 0 aromatic heterocycles. The van der Waals surface area contributed by atoms with Gasteiger partial charge in [-0.15, -0.1) is 0 Å². The fourth-order valence-corrected chi connectivity index (χ4v) is 3.20. The van der Waals surface area contributed by atoms with E-state index in [9.17, 15) is 9.59 Å². The van der Waals surface area contributed by atoms with Gasteiger partial charge in [0.25, 0.3) is 5.91 Å². The Hall–Kier alpha value is -2.29. The van der Waals surface area contributed by atoms with Crippen molar-refractivity contribution in [3.05, 3.63) is 52.1 Å². The highest BCUT2D eigenvalue weighted by Crippen LogP contribution is 2.33. The summed E-state index contributed by atoms with van der Waals surface area (Å²) < 4.78 is 6.72. The van der Waals surface area contributed by atoms with Gasteiger partial charge in [-0.1, -0.05) is 24.3 Å². The second-order valence-corrected chi connectivity index (χ2v) is 6.76. The zero-order valence-corrected chi connectivity index (χ0v) is 15.8. The lowest BCUT2D eigenvalue weighted by Gasteiger charge is -2.35. The molecule has 6 nitrogen and oxygen atoms in total. The Morgan fingerprint density at radius 3 is 2.68 bits per heavy atom. The van der Waals surface area contributed by atoms with Gasteiger partial charge >= 0.3 is 0 Å². The first-order valence-electron chi connectivity index (χ1n) is 7.85. The molecule has 0 saturated heterocycles. The van der Waals surface area contributed by atoms with Crippen molar-refractivity contribution in [3.8, 4) is 5.75 Å². The van der Waals surface area contributed by atoms with Gasteiger partial charge in [0.05, 0.1) is 24.5 Å². The van der Waals surface area contributed by atoms with Crippen molar-refractivity contribution < 1.29 is 14.3 Å². The molecule has 7 heteroatoms. The van der Waals surface area contributed by atoms with Crippen molar-refractivity contribution in [3.63, 3.8) is 0 Å². The van der Waals surface area contributed by atoms with E-state index in [1.54, 1.807) is 13.1 Å². The molecule has 2 amide bonds. The maximum atomic E-state index is 12.5. The molecular formula is C18H18IN3O3. The van der Waals surface area contributed by atoms with Gasteiger partial charge in [0, 0.05) is 10.6 Å². The number of carbonyl (C=O) groups excluding carboxylic acids is 2. The number of hydrogen-bond acceptors (Lipinski definition) is 4. The molecule has 130 valence electrons. The normalized spacial score (nSPS) is 15.8. The molecule has 1 atom stereocenters. The molecule has 0 aliphatic carbocycles. The number of nitrogens with zero attached hydrogens (tertiary/aromatic N) is 1. The number of fused-ring (bicyclic) bond motifs is 1. The van der Waals surface area contributed by atoms with Crippen molar-refractivity contribution in [2.75, 3.05) is 30.4 Å². The molecule has 1 heterocycles. The molecule has 0 saturated carbocycles. The highest BCUT2D eigenvalue weighted by atomic mass is 127. The third-order valence-electron chi connectivity index (χ3n) is 3.88. The lowest BCUT2D eigenvalue weighted by Crippen LogP contribution is -2.50. The van der Waals surface area contributed by atoms with Gasteiger partial charge in [0.1, 0.15) is 5.75 Å². The van der Waals surface area contributed by atoms with E-state index in [4.69, 9.17) is 4.74 Å². The van der Waals surface area contributed by atoms with E-state index in [-0.39, 0.29) is 18.4 Å². The van der Waals surface area contributed by atoms with Crippen molar-refractivity contribution >= 4 is 45.8 Å². The number of likely N-dealkylation sites (N-methyl/N-ethyl adjacent to an activating group) is 1. The zero-order valence-electron chi connectivity index (χ0n) is 13.7. The summed E-state index contributed by atoms with van der Waals surface area (Å²) in [5.74, 6) is 0.249. The molecule has 0 spiro atoms. The molecule has 3 rings (SSSR count). The number of para-hydroxylation sites is 3. The number of nitrogens with one attached hydrogen (secondary N) is 2. The number of halogens is 1. The van der Waals surface area contributed by atoms with Crippen LogP contribution in [0.5, 0.6) is 5.75 Å². The number of amides is 2. The van der Waals surface area contributed by atoms with E-state index < -0.39 is 6.10 Å². The first kappa shape index (κ1) is 17.5. The van der Waals surface area contributed by atoms with Crippen LogP contribution in [0, 0.1) is 3.57 Å². The van der Waals surface area contributed by atoms with Crippen LogP contribution in [0.1, 0.15) is 0 Å². The minimum atomic E-state index is -0.649. The zero-order chi connectivity index (χ0) is 17.8. The summed E-state index contributed by atoms with van der Waals surface area (Å²) >= 11 is 2.18. The molecule has 2 N–H and O–H groups in total. The highest BCUT2D eigenvalue weighted by Gasteiger charge is 2.31. The van der Waals surface area contributed by atoms with Crippen LogP contribution in [0.3, 0.4) is 0 Å². The van der Waals surface area contributed by atoms with Gasteiger partial charge < -0.3 is 20.3 Å². The van der Waals surface area contributed by atoms with Gasteiger partial charge in [-0.3, -0.25) is 9.59 Å². The molecule has 0 radical (unpaired) electrons. The van der Waals surface area contributed by atoms with Crippen LogP contribution < -0.4 is 20.3 Å². The summed E-state index contributed by atoms with van der Waals surface area (Å²) in [4.78, 5) is 26.3. The maximum absolute atomic E-state index is 12.5. The van der Waals surface area contributed by atoms with Crippen LogP contribution >= 0.6 is 22.6 Å². The van der Waals surface area contributed by atoms with Crippen LogP contribution in [0.25, 0.3) is 0 Å².